The molecule has 0 atom stereocenters. The summed E-state index contributed by atoms with van der Waals surface area (Å²) in [6.07, 6.45) is 31.4. The Morgan fingerprint density at radius 1 is 0.500 bits per heavy atom. The fraction of sp³-hybridized carbons (Fsp3) is 0.818. The lowest BCUT2D eigenvalue weighted by Gasteiger charge is -2.34. The molecule has 0 bridgehead atoms. The summed E-state index contributed by atoms with van der Waals surface area (Å²) in [6.45, 7) is 6.93. The topological polar surface area (TPSA) is 20.2 Å². The van der Waals surface area contributed by atoms with Crippen LogP contribution in [0.25, 0.3) is 0 Å². The van der Waals surface area contributed by atoms with Gasteiger partial charge in [0.2, 0.25) is 0 Å². The summed E-state index contributed by atoms with van der Waals surface area (Å²) in [7, 11) is 0. The minimum atomic E-state index is 0.158. The lowest BCUT2D eigenvalue weighted by molar-refractivity contribution is 0.309. The van der Waals surface area contributed by atoms with Crippen molar-refractivity contribution < 1.29 is 5.11 Å². The molecule has 0 unspecified atom stereocenters. The molecule has 0 spiro atoms. The van der Waals surface area contributed by atoms with Crippen LogP contribution in [0.15, 0.2) is 24.3 Å². The quantitative estimate of drug-likeness (QED) is 0.148. The Balaban J connectivity index is 2.39. The van der Waals surface area contributed by atoms with E-state index in [1.807, 2.05) is 12.1 Å². The van der Waals surface area contributed by atoms with Gasteiger partial charge in [0.1, 0.15) is 5.75 Å². The van der Waals surface area contributed by atoms with Crippen molar-refractivity contribution in [3.8, 4) is 5.75 Å². The van der Waals surface area contributed by atoms with Crippen LogP contribution in [0.3, 0.4) is 0 Å². The van der Waals surface area contributed by atoms with Crippen molar-refractivity contribution in [2.75, 3.05) is 0 Å². The first-order valence-electron chi connectivity index (χ1n) is 15.5. The normalized spacial score (nSPS) is 11.9. The van der Waals surface area contributed by atoms with Gasteiger partial charge in [0.15, 0.2) is 0 Å². The average molecular weight is 473 g/mol. The molecule has 0 heterocycles. The van der Waals surface area contributed by atoms with Crippen LogP contribution in [0, 0.1) is 0 Å². The Morgan fingerprint density at radius 3 is 1.21 bits per heavy atom. The van der Waals surface area contributed by atoms with Crippen molar-refractivity contribution in [1.29, 1.82) is 0 Å². The number of hydrogen-bond donors (Lipinski definition) is 1. The third kappa shape index (κ3) is 13.8. The molecule has 34 heavy (non-hydrogen) atoms. The first kappa shape index (κ1) is 31.1. The lowest BCUT2D eigenvalue weighted by Crippen LogP contribution is -2.25. The summed E-state index contributed by atoms with van der Waals surface area (Å²) in [6, 6.07) is 8.19. The van der Waals surface area contributed by atoms with Gasteiger partial charge in [-0.05, 0) is 30.7 Å². The van der Waals surface area contributed by atoms with E-state index in [1.54, 1.807) is 0 Å². The van der Waals surface area contributed by atoms with Gasteiger partial charge in [0.25, 0.3) is 0 Å². The molecular formula is C33H60O. The maximum atomic E-state index is 10.7. The van der Waals surface area contributed by atoms with Gasteiger partial charge in [0.05, 0.1) is 0 Å². The summed E-state index contributed by atoms with van der Waals surface area (Å²) in [4.78, 5) is 0. The fourth-order valence-corrected chi connectivity index (χ4v) is 5.76. The van der Waals surface area contributed by atoms with Crippen molar-refractivity contribution in [2.45, 2.75) is 174 Å². The van der Waals surface area contributed by atoms with Gasteiger partial charge < -0.3 is 5.11 Å². The standard InChI is InChI=1S/C33H60O/c1-4-7-9-11-13-15-17-19-21-25-29-33(6-3,31-27-23-24-28-32(31)34)30-26-22-20-18-16-14-12-10-8-5-2/h23-24,27-28,34H,4-22,25-26,29-30H2,1-3H3. The summed E-state index contributed by atoms with van der Waals surface area (Å²) in [5.74, 6) is 0.517. The molecule has 0 saturated heterocycles. The number of para-hydroxylation sites is 1. The highest BCUT2D eigenvalue weighted by Crippen LogP contribution is 2.42. The molecule has 1 N–H and O–H groups in total. The van der Waals surface area contributed by atoms with E-state index < -0.39 is 0 Å². The van der Waals surface area contributed by atoms with E-state index in [1.165, 1.54) is 147 Å². The summed E-state index contributed by atoms with van der Waals surface area (Å²) >= 11 is 0. The Kier molecular flexibility index (Phi) is 19.5. The van der Waals surface area contributed by atoms with Crippen molar-refractivity contribution in [3.63, 3.8) is 0 Å². The maximum absolute atomic E-state index is 10.7. The second-order valence-corrected chi connectivity index (χ2v) is 11.0. The molecule has 0 saturated carbocycles. The Labute approximate surface area is 214 Å². The Bertz CT molecular complexity index is 539. The fourth-order valence-electron chi connectivity index (χ4n) is 5.76. The van der Waals surface area contributed by atoms with E-state index in [9.17, 15) is 5.11 Å². The van der Waals surface area contributed by atoms with Gasteiger partial charge in [-0.2, -0.15) is 0 Å². The van der Waals surface area contributed by atoms with Crippen LogP contribution >= 0.6 is 0 Å². The predicted molar refractivity (Wildman–Crippen MR) is 153 cm³/mol. The number of benzene rings is 1. The van der Waals surface area contributed by atoms with Gasteiger partial charge in [-0.25, -0.2) is 0 Å². The molecule has 1 rings (SSSR count). The number of hydrogen-bond acceptors (Lipinski definition) is 1. The van der Waals surface area contributed by atoms with E-state index in [2.05, 4.69) is 32.9 Å². The van der Waals surface area contributed by atoms with E-state index in [0.29, 0.717) is 5.75 Å². The van der Waals surface area contributed by atoms with Crippen LogP contribution in [0.5, 0.6) is 5.75 Å². The zero-order valence-electron chi connectivity index (χ0n) is 23.5. The number of unbranched alkanes of at least 4 members (excludes halogenated alkanes) is 18. The summed E-state index contributed by atoms with van der Waals surface area (Å²) in [5, 5.41) is 10.7. The molecule has 1 aromatic carbocycles. The third-order valence-electron chi connectivity index (χ3n) is 8.17. The molecule has 1 nitrogen and oxygen atoms in total. The van der Waals surface area contributed by atoms with Gasteiger partial charge in [-0.3, -0.25) is 0 Å². The molecule has 0 aliphatic carbocycles. The van der Waals surface area contributed by atoms with E-state index in [4.69, 9.17) is 0 Å². The minimum Gasteiger partial charge on any atom is -0.508 e. The largest absolute Gasteiger partial charge is 0.508 e. The van der Waals surface area contributed by atoms with Crippen LogP contribution in [-0.2, 0) is 5.41 Å². The summed E-state index contributed by atoms with van der Waals surface area (Å²) < 4.78 is 0. The predicted octanol–water partition coefficient (Wildman–Crippen LogP) is 11.7. The average Bonchev–Trinajstić information content (AvgIpc) is 2.85. The molecule has 1 heteroatoms. The number of phenols is 1. The van der Waals surface area contributed by atoms with Crippen LogP contribution in [-0.4, -0.2) is 5.11 Å². The monoisotopic (exact) mass is 472 g/mol. The SMILES string of the molecule is CCCCCCCCCCCCC(CC)(CCCCCCCCCCCC)c1ccccc1O. The molecule has 0 radical (unpaired) electrons. The molecule has 0 aliphatic heterocycles. The molecule has 198 valence electrons. The second kappa shape index (κ2) is 21.3. The molecule has 1 aromatic rings. The second-order valence-electron chi connectivity index (χ2n) is 11.0. The van der Waals surface area contributed by atoms with Crippen LogP contribution in [0.4, 0.5) is 0 Å². The molecule has 0 aliphatic rings. The molecule has 0 aromatic heterocycles. The molecule has 0 amide bonds. The smallest absolute Gasteiger partial charge is 0.119 e. The van der Waals surface area contributed by atoms with Crippen molar-refractivity contribution in [1.82, 2.24) is 0 Å². The highest BCUT2D eigenvalue weighted by atomic mass is 16.3. The lowest BCUT2D eigenvalue weighted by atomic mass is 9.70. The van der Waals surface area contributed by atoms with Crippen molar-refractivity contribution in [3.05, 3.63) is 29.8 Å². The number of phenolic OH excluding ortho intramolecular Hbond substituents is 1. The van der Waals surface area contributed by atoms with Gasteiger partial charge in [-0.15, -0.1) is 0 Å². The molecular weight excluding hydrogens is 412 g/mol. The van der Waals surface area contributed by atoms with Crippen LogP contribution in [0.1, 0.15) is 174 Å². The summed E-state index contributed by atoms with van der Waals surface area (Å²) in [5.41, 5.74) is 1.37. The highest BCUT2D eigenvalue weighted by Gasteiger charge is 2.31. The highest BCUT2D eigenvalue weighted by molar-refractivity contribution is 5.38. The van der Waals surface area contributed by atoms with E-state index >= 15 is 0 Å². The van der Waals surface area contributed by atoms with Gasteiger partial charge in [-0.1, -0.05) is 167 Å². The number of aromatic hydroxyl groups is 1. The Morgan fingerprint density at radius 2 is 0.853 bits per heavy atom. The van der Waals surface area contributed by atoms with E-state index in [0.717, 1.165) is 6.42 Å². The van der Waals surface area contributed by atoms with E-state index in [-0.39, 0.29) is 5.41 Å². The van der Waals surface area contributed by atoms with Crippen molar-refractivity contribution in [2.24, 2.45) is 0 Å². The number of rotatable bonds is 24. The van der Waals surface area contributed by atoms with Crippen LogP contribution < -0.4 is 0 Å². The van der Waals surface area contributed by atoms with Crippen molar-refractivity contribution >= 4 is 0 Å². The molecule has 0 fully saturated rings. The Hall–Kier alpha value is -0.980. The van der Waals surface area contributed by atoms with Gasteiger partial charge >= 0.3 is 0 Å². The van der Waals surface area contributed by atoms with Crippen LogP contribution in [0.2, 0.25) is 0 Å². The maximum Gasteiger partial charge on any atom is 0.119 e. The zero-order valence-corrected chi connectivity index (χ0v) is 23.5. The first-order chi connectivity index (χ1) is 16.7. The zero-order chi connectivity index (χ0) is 24.7. The minimum absolute atomic E-state index is 0.158. The first-order valence-corrected chi connectivity index (χ1v) is 15.5. The van der Waals surface area contributed by atoms with Gasteiger partial charge in [0, 0.05) is 5.56 Å². The third-order valence-corrected chi connectivity index (χ3v) is 8.17.